The van der Waals surface area contributed by atoms with E-state index in [-0.39, 0.29) is 5.91 Å². The summed E-state index contributed by atoms with van der Waals surface area (Å²) in [6.07, 6.45) is 2.39. The van der Waals surface area contributed by atoms with E-state index in [0.29, 0.717) is 13.2 Å². The summed E-state index contributed by atoms with van der Waals surface area (Å²) in [5, 5.41) is 9.50. The molecule has 1 aromatic carbocycles. The zero-order valence-corrected chi connectivity index (χ0v) is 15.4. The summed E-state index contributed by atoms with van der Waals surface area (Å²) < 4.78 is 5.32. The van der Waals surface area contributed by atoms with Crippen molar-refractivity contribution in [1.82, 2.24) is 15.6 Å². The molecule has 25 heavy (non-hydrogen) atoms. The molecular weight excluding hydrogens is 334 g/mol. The summed E-state index contributed by atoms with van der Waals surface area (Å²) in [6, 6.07) is 10.2. The van der Waals surface area contributed by atoms with Crippen LogP contribution < -0.4 is 10.6 Å². The van der Waals surface area contributed by atoms with E-state index in [4.69, 9.17) is 4.74 Å². The molecule has 0 saturated carbocycles. The molecule has 2 heterocycles. The summed E-state index contributed by atoms with van der Waals surface area (Å²) in [4.78, 5) is 17.4. The number of hydrogen-bond acceptors (Lipinski definition) is 5. The third-order valence-corrected chi connectivity index (χ3v) is 5.64. The Bertz CT molecular complexity index is 675. The molecule has 2 aromatic rings. The lowest BCUT2D eigenvalue weighted by Gasteiger charge is -2.35. The predicted molar refractivity (Wildman–Crippen MR) is 101 cm³/mol. The van der Waals surface area contributed by atoms with E-state index in [0.717, 1.165) is 48.6 Å². The van der Waals surface area contributed by atoms with Gasteiger partial charge in [-0.3, -0.25) is 4.79 Å². The zero-order valence-electron chi connectivity index (χ0n) is 14.6. The average molecular weight is 359 g/mol. The van der Waals surface area contributed by atoms with Gasteiger partial charge in [0.2, 0.25) is 5.91 Å². The van der Waals surface area contributed by atoms with Crippen molar-refractivity contribution in [3.05, 3.63) is 41.4 Å². The first-order chi connectivity index (χ1) is 12.2. The molecule has 5 nitrogen and oxygen atoms in total. The lowest BCUT2D eigenvalue weighted by atomic mass is 9.78. The van der Waals surface area contributed by atoms with Crippen molar-refractivity contribution < 1.29 is 9.53 Å². The fourth-order valence-electron chi connectivity index (χ4n) is 3.25. The normalized spacial score (nSPS) is 16.5. The number of nitrogens with zero attached hydrogens (tertiary/aromatic N) is 1. The molecule has 0 radical (unpaired) electrons. The van der Waals surface area contributed by atoms with Gasteiger partial charge in [-0.25, -0.2) is 4.98 Å². The van der Waals surface area contributed by atoms with Crippen molar-refractivity contribution >= 4 is 17.2 Å². The van der Waals surface area contributed by atoms with Gasteiger partial charge in [-0.15, -0.1) is 11.3 Å². The topological polar surface area (TPSA) is 63.2 Å². The third-order valence-electron chi connectivity index (χ3n) is 4.70. The second-order valence-corrected chi connectivity index (χ2v) is 7.34. The van der Waals surface area contributed by atoms with E-state index in [1.807, 2.05) is 18.2 Å². The maximum atomic E-state index is 12.7. The van der Waals surface area contributed by atoms with Crippen molar-refractivity contribution in [2.24, 2.45) is 5.41 Å². The second-order valence-electron chi connectivity index (χ2n) is 6.48. The highest BCUT2D eigenvalue weighted by Crippen LogP contribution is 2.29. The monoisotopic (exact) mass is 359 g/mol. The van der Waals surface area contributed by atoms with E-state index >= 15 is 0 Å². The molecule has 134 valence electrons. The molecule has 0 aliphatic carbocycles. The van der Waals surface area contributed by atoms with Crippen molar-refractivity contribution in [2.45, 2.75) is 19.3 Å². The van der Waals surface area contributed by atoms with Gasteiger partial charge in [0, 0.05) is 31.0 Å². The maximum absolute atomic E-state index is 12.7. The Hall–Kier alpha value is -1.76. The average Bonchev–Trinajstić information content (AvgIpc) is 3.12. The molecule has 1 aliphatic rings. The van der Waals surface area contributed by atoms with Gasteiger partial charge in [-0.1, -0.05) is 30.3 Å². The number of hydrogen-bond donors (Lipinski definition) is 2. The molecule has 1 amide bonds. The standard InChI is InChI=1S/C19H25N3O2S/c1-24-14-19(8-11-20-12-9-19)18(23)21-10-7-16-13-25-17(22-16)15-5-3-2-4-6-15/h2-6,13,20H,7-12,14H2,1H3,(H,21,23). The number of carbonyl (C=O) groups excluding carboxylic acids is 1. The van der Waals surface area contributed by atoms with Crippen LogP contribution in [0.4, 0.5) is 0 Å². The van der Waals surface area contributed by atoms with Crippen molar-refractivity contribution in [2.75, 3.05) is 33.4 Å². The molecule has 0 atom stereocenters. The minimum atomic E-state index is -0.392. The van der Waals surface area contributed by atoms with E-state index in [1.54, 1.807) is 18.4 Å². The molecule has 1 aromatic heterocycles. The first-order valence-electron chi connectivity index (χ1n) is 8.71. The number of aromatic nitrogens is 1. The fourth-order valence-corrected chi connectivity index (χ4v) is 4.11. The summed E-state index contributed by atoms with van der Waals surface area (Å²) in [5.74, 6) is 0.106. The number of methoxy groups -OCH3 is 1. The Morgan fingerprint density at radius 3 is 2.80 bits per heavy atom. The third kappa shape index (κ3) is 4.45. The minimum absolute atomic E-state index is 0.106. The number of carbonyl (C=O) groups is 1. The Balaban J connectivity index is 1.54. The zero-order chi connectivity index (χ0) is 17.5. The summed E-state index contributed by atoms with van der Waals surface area (Å²) in [7, 11) is 1.66. The SMILES string of the molecule is COCC1(C(=O)NCCc2csc(-c3ccccc3)n2)CCNCC1. The minimum Gasteiger partial charge on any atom is -0.384 e. The van der Waals surface area contributed by atoms with Crippen LogP contribution in [0.1, 0.15) is 18.5 Å². The van der Waals surface area contributed by atoms with Crippen LogP contribution in [0.3, 0.4) is 0 Å². The van der Waals surface area contributed by atoms with E-state index < -0.39 is 5.41 Å². The number of amides is 1. The highest BCUT2D eigenvalue weighted by molar-refractivity contribution is 7.13. The van der Waals surface area contributed by atoms with Crippen LogP contribution in [-0.4, -0.2) is 44.2 Å². The molecule has 1 aliphatic heterocycles. The largest absolute Gasteiger partial charge is 0.384 e. The summed E-state index contributed by atoms with van der Waals surface area (Å²) in [6.45, 7) is 2.82. The fraction of sp³-hybridized carbons (Fsp3) is 0.474. The van der Waals surface area contributed by atoms with Crippen LogP contribution in [0, 0.1) is 5.41 Å². The van der Waals surface area contributed by atoms with Crippen LogP contribution in [0.15, 0.2) is 35.7 Å². The number of benzene rings is 1. The molecule has 0 spiro atoms. The van der Waals surface area contributed by atoms with Crippen LogP contribution in [0.5, 0.6) is 0 Å². The lowest BCUT2D eigenvalue weighted by molar-refractivity contribution is -0.136. The molecule has 1 fully saturated rings. The molecule has 6 heteroatoms. The van der Waals surface area contributed by atoms with E-state index in [9.17, 15) is 4.79 Å². The predicted octanol–water partition coefficient (Wildman–Crippen LogP) is 2.49. The molecule has 3 rings (SSSR count). The van der Waals surface area contributed by atoms with Crippen LogP contribution in [0.2, 0.25) is 0 Å². The Morgan fingerprint density at radius 2 is 2.08 bits per heavy atom. The van der Waals surface area contributed by atoms with Crippen LogP contribution in [-0.2, 0) is 16.0 Å². The quantitative estimate of drug-likeness (QED) is 0.797. The van der Waals surface area contributed by atoms with Crippen LogP contribution in [0.25, 0.3) is 10.6 Å². The maximum Gasteiger partial charge on any atom is 0.228 e. The number of ether oxygens (including phenoxy) is 1. The number of rotatable bonds is 7. The Morgan fingerprint density at radius 1 is 1.32 bits per heavy atom. The van der Waals surface area contributed by atoms with E-state index in [2.05, 4.69) is 33.1 Å². The van der Waals surface area contributed by atoms with Gasteiger partial charge in [0.25, 0.3) is 0 Å². The highest BCUT2D eigenvalue weighted by atomic mass is 32.1. The van der Waals surface area contributed by atoms with Gasteiger partial charge in [0.15, 0.2) is 0 Å². The smallest absolute Gasteiger partial charge is 0.228 e. The van der Waals surface area contributed by atoms with Gasteiger partial charge >= 0.3 is 0 Å². The number of nitrogens with one attached hydrogen (secondary N) is 2. The number of piperidine rings is 1. The summed E-state index contributed by atoms with van der Waals surface area (Å²) in [5.41, 5.74) is 1.77. The van der Waals surface area contributed by atoms with Crippen LogP contribution >= 0.6 is 11.3 Å². The van der Waals surface area contributed by atoms with Gasteiger partial charge < -0.3 is 15.4 Å². The second kappa shape index (κ2) is 8.56. The van der Waals surface area contributed by atoms with Gasteiger partial charge in [-0.2, -0.15) is 0 Å². The van der Waals surface area contributed by atoms with Gasteiger partial charge in [0.1, 0.15) is 5.01 Å². The Labute approximate surface area is 152 Å². The summed E-state index contributed by atoms with van der Waals surface area (Å²) >= 11 is 1.64. The van der Waals surface area contributed by atoms with Crippen molar-refractivity contribution in [3.8, 4) is 10.6 Å². The lowest BCUT2D eigenvalue weighted by Crippen LogP contribution is -2.50. The van der Waals surface area contributed by atoms with Crippen molar-refractivity contribution in [3.63, 3.8) is 0 Å². The number of thiazole rings is 1. The Kier molecular flexibility index (Phi) is 6.18. The molecule has 0 unspecified atom stereocenters. The molecule has 2 N–H and O–H groups in total. The van der Waals surface area contributed by atoms with Gasteiger partial charge in [-0.05, 0) is 25.9 Å². The van der Waals surface area contributed by atoms with E-state index in [1.165, 1.54) is 0 Å². The first kappa shape index (κ1) is 18.0. The molecular formula is C19H25N3O2S. The highest BCUT2D eigenvalue weighted by Gasteiger charge is 2.39. The molecule has 0 bridgehead atoms. The van der Waals surface area contributed by atoms with Gasteiger partial charge in [0.05, 0.1) is 17.7 Å². The van der Waals surface area contributed by atoms with Crippen molar-refractivity contribution in [1.29, 1.82) is 0 Å². The molecule has 1 saturated heterocycles. The first-order valence-corrected chi connectivity index (χ1v) is 9.59.